The lowest BCUT2D eigenvalue weighted by molar-refractivity contribution is 0.0963. The first-order valence-electron chi connectivity index (χ1n) is 9.94. The van der Waals surface area contributed by atoms with Crippen molar-refractivity contribution in [2.75, 3.05) is 48.3 Å². The molecular formula is C22H22N8O. The molecule has 1 amide bonds. The second-order valence-corrected chi connectivity index (χ2v) is 7.03. The fourth-order valence-corrected chi connectivity index (χ4v) is 3.42. The number of benzene rings is 2. The third kappa shape index (κ3) is 4.70. The number of carbonyl (C=O) groups excluding carboxylic acids is 1. The largest absolute Gasteiger partial charge is 0.368 e. The summed E-state index contributed by atoms with van der Waals surface area (Å²) in [5.74, 6) is 0.883. The van der Waals surface area contributed by atoms with E-state index in [0.717, 1.165) is 37.6 Å². The third-order valence-electron chi connectivity index (χ3n) is 5.09. The van der Waals surface area contributed by atoms with Crippen LogP contribution in [0.2, 0.25) is 0 Å². The molecule has 0 atom stereocenters. The highest BCUT2D eigenvalue weighted by Gasteiger charge is 2.20. The van der Waals surface area contributed by atoms with Gasteiger partial charge in [-0.2, -0.15) is 10.2 Å². The van der Waals surface area contributed by atoms with Crippen molar-refractivity contribution in [2.45, 2.75) is 0 Å². The van der Waals surface area contributed by atoms with E-state index in [1.54, 1.807) is 25.2 Å². The first-order chi connectivity index (χ1) is 15.2. The van der Waals surface area contributed by atoms with Gasteiger partial charge in [0, 0.05) is 50.2 Å². The third-order valence-corrected chi connectivity index (χ3v) is 5.09. The van der Waals surface area contributed by atoms with Gasteiger partial charge < -0.3 is 20.4 Å². The molecule has 0 spiro atoms. The monoisotopic (exact) mass is 414 g/mol. The predicted molar refractivity (Wildman–Crippen MR) is 119 cm³/mol. The zero-order valence-electron chi connectivity index (χ0n) is 17.1. The van der Waals surface area contributed by atoms with Crippen molar-refractivity contribution < 1.29 is 4.79 Å². The highest BCUT2D eigenvalue weighted by molar-refractivity contribution is 5.95. The molecule has 0 radical (unpaired) electrons. The molecule has 2 aromatic carbocycles. The average molecular weight is 414 g/mol. The van der Waals surface area contributed by atoms with E-state index in [2.05, 4.69) is 41.5 Å². The Labute approximate surface area is 180 Å². The minimum Gasteiger partial charge on any atom is -0.368 e. The quantitative estimate of drug-likeness (QED) is 0.654. The molecule has 9 heteroatoms. The minimum atomic E-state index is -0.153. The summed E-state index contributed by atoms with van der Waals surface area (Å²) in [4.78, 5) is 29.3. The molecule has 1 aliphatic rings. The second kappa shape index (κ2) is 9.09. The van der Waals surface area contributed by atoms with Crippen LogP contribution in [-0.4, -0.2) is 54.1 Å². The Balaban J connectivity index is 1.41. The summed E-state index contributed by atoms with van der Waals surface area (Å²) in [7, 11) is 1.60. The molecule has 31 heavy (non-hydrogen) atoms. The molecule has 0 unspecified atom stereocenters. The molecule has 3 aromatic rings. The van der Waals surface area contributed by atoms with Crippen LogP contribution in [-0.2, 0) is 0 Å². The molecule has 1 fully saturated rings. The number of anilines is 4. The Bertz CT molecular complexity index is 1100. The van der Waals surface area contributed by atoms with Gasteiger partial charge in [-0.3, -0.25) is 4.79 Å². The first kappa shape index (κ1) is 20.1. The zero-order valence-corrected chi connectivity index (χ0v) is 17.1. The molecule has 1 aromatic heterocycles. The van der Waals surface area contributed by atoms with Crippen molar-refractivity contribution in [3.63, 3.8) is 0 Å². The van der Waals surface area contributed by atoms with Gasteiger partial charge in [0.1, 0.15) is 6.33 Å². The van der Waals surface area contributed by atoms with E-state index < -0.39 is 0 Å². The number of nitriles is 1. The van der Waals surface area contributed by atoms with Crippen LogP contribution in [0.1, 0.15) is 15.9 Å². The molecule has 156 valence electrons. The van der Waals surface area contributed by atoms with Crippen LogP contribution in [0.3, 0.4) is 0 Å². The number of aromatic nitrogens is 3. The van der Waals surface area contributed by atoms with Gasteiger partial charge in [0.05, 0.1) is 11.6 Å². The van der Waals surface area contributed by atoms with Gasteiger partial charge in [-0.15, -0.1) is 0 Å². The normalized spacial score (nSPS) is 13.4. The molecule has 2 heterocycles. The summed E-state index contributed by atoms with van der Waals surface area (Å²) in [5, 5.41) is 14.7. The fourth-order valence-electron chi connectivity index (χ4n) is 3.42. The molecule has 1 saturated heterocycles. The molecule has 9 nitrogen and oxygen atoms in total. The van der Waals surface area contributed by atoms with Gasteiger partial charge in [-0.25, -0.2) is 9.97 Å². The molecule has 0 aliphatic carbocycles. The number of nitrogens with one attached hydrogen (secondary N) is 2. The summed E-state index contributed by atoms with van der Waals surface area (Å²) in [6, 6.07) is 16.9. The van der Waals surface area contributed by atoms with E-state index in [4.69, 9.17) is 5.26 Å². The molecular weight excluding hydrogens is 392 g/mol. The van der Waals surface area contributed by atoms with E-state index in [1.165, 1.54) is 6.33 Å². The molecule has 0 saturated carbocycles. The van der Waals surface area contributed by atoms with Crippen LogP contribution in [0.4, 0.5) is 23.3 Å². The van der Waals surface area contributed by atoms with Crippen LogP contribution >= 0.6 is 0 Å². The van der Waals surface area contributed by atoms with Crippen molar-refractivity contribution in [1.82, 2.24) is 20.3 Å². The van der Waals surface area contributed by atoms with Gasteiger partial charge in [0.2, 0.25) is 11.9 Å². The fraction of sp³-hybridized carbons (Fsp3) is 0.227. The molecule has 2 N–H and O–H groups in total. The number of rotatable bonds is 5. The Hall–Kier alpha value is -4.19. The average Bonchev–Trinajstić information content (AvgIpc) is 2.84. The topological polar surface area (TPSA) is 110 Å². The highest BCUT2D eigenvalue weighted by Crippen LogP contribution is 2.20. The molecule has 4 rings (SSSR count). The summed E-state index contributed by atoms with van der Waals surface area (Å²) < 4.78 is 0. The maximum Gasteiger partial charge on any atom is 0.251 e. The standard InChI is InChI=1S/C22H22N8O/c1-24-20(31)17-3-2-4-18(13-17)27-21-25-15-26-22(28-21)30-11-9-29(10-12-30)19-7-5-16(14-23)6-8-19/h2-8,13,15H,9-12H2,1H3,(H,24,31)(H,25,26,27,28). The van der Waals surface area contributed by atoms with Crippen molar-refractivity contribution in [3.05, 3.63) is 66.0 Å². The Morgan fingerprint density at radius 3 is 2.48 bits per heavy atom. The molecule has 0 bridgehead atoms. The summed E-state index contributed by atoms with van der Waals surface area (Å²) in [6.45, 7) is 3.20. The van der Waals surface area contributed by atoms with E-state index in [-0.39, 0.29) is 5.91 Å². The van der Waals surface area contributed by atoms with Crippen LogP contribution in [0, 0.1) is 11.3 Å². The lowest BCUT2D eigenvalue weighted by atomic mass is 10.2. The van der Waals surface area contributed by atoms with Crippen LogP contribution in [0.15, 0.2) is 54.9 Å². The lowest BCUT2D eigenvalue weighted by Crippen LogP contribution is -2.47. The van der Waals surface area contributed by atoms with E-state index in [9.17, 15) is 4.79 Å². The number of piperazine rings is 1. The predicted octanol–water partition coefficient (Wildman–Crippen LogP) is 2.17. The highest BCUT2D eigenvalue weighted by atomic mass is 16.1. The number of amides is 1. The van der Waals surface area contributed by atoms with Crippen LogP contribution < -0.4 is 20.4 Å². The Morgan fingerprint density at radius 2 is 1.77 bits per heavy atom. The van der Waals surface area contributed by atoms with Crippen molar-refractivity contribution in [2.24, 2.45) is 0 Å². The van der Waals surface area contributed by atoms with Crippen LogP contribution in [0.25, 0.3) is 0 Å². The number of nitrogens with zero attached hydrogens (tertiary/aromatic N) is 6. The van der Waals surface area contributed by atoms with Gasteiger partial charge >= 0.3 is 0 Å². The Kier molecular flexibility index (Phi) is 5.89. The number of carbonyl (C=O) groups is 1. The van der Waals surface area contributed by atoms with Crippen molar-refractivity contribution in [3.8, 4) is 6.07 Å². The van der Waals surface area contributed by atoms with Crippen molar-refractivity contribution >= 4 is 29.2 Å². The minimum absolute atomic E-state index is 0.153. The smallest absolute Gasteiger partial charge is 0.251 e. The van der Waals surface area contributed by atoms with Gasteiger partial charge in [0.25, 0.3) is 5.91 Å². The van der Waals surface area contributed by atoms with Gasteiger partial charge in [-0.1, -0.05) is 6.07 Å². The Morgan fingerprint density at radius 1 is 1.03 bits per heavy atom. The molecule has 1 aliphatic heterocycles. The van der Waals surface area contributed by atoms with E-state index in [1.807, 2.05) is 30.3 Å². The maximum atomic E-state index is 11.8. The van der Waals surface area contributed by atoms with E-state index in [0.29, 0.717) is 23.0 Å². The number of hydrogen-bond donors (Lipinski definition) is 2. The zero-order chi connectivity index (χ0) is 21.6. The lowest BCUT2D eigenvalue weighted by Gasteiger charge is -2.36. The van der Waals surface area contributed by atoms with Crippen molar-refractivity contribution in [1.29, 1.82) is 5.26 Å². The van der Waals surface area contributed by atoms with Crippen LogP contribution in [0.5, 0.6) is 0 Å². The SMILES string of the molecule is CNC(=O)c1cccc(Nc2ncnc(N3CCN(c4ccc(C#N)cc4)CC3)n2)c1. The van der Waals surface area contributed by atoms with Gasteiger partial charge in [0.15, 0.2) is 0 Å². The number of hydrogen-bond acceptors (Lipinski definition) is 8. The maximum absolute atomic E-state index is 11.8. The summed E-state index contributed by atoms with van der Waals surface area (Å²) >= 11 is 0. The van der Waals surface area contributed by atoms with Gasteiger partial charge in [-0.05, 0) is 42.5 Å². The summed E-state index contributed by atoms with van der Waals surface area (Å²) in [5.41, 5.74) is 3.05. The second-order valence-electron chi connectivity index (χ2n) is 7.03. The van der Waals surface area contributed by atoms with E-state index >= 15 is 0 Å². The first-order valence-corrected chi connectivity index (χ1v) is 9.94. The summed E-state index contributed by atoms with van der Waals surface area (Å²) in [6.07, 6.45) is 1.49.